The van der Waals surface area contributed by atoms with Crippen LogP contribution in [0.4, 0.5) is 0 Å². The molecule has 6 heteroatoms. The van der Waals surface area contributed by atoms with E-state index in [2.05, 4.69) is 101 Å². The molecule has 0 unspecified atom stereocenters. The van der Waals surface area contributed by atoms with Gasteiger partial charge in [0.2, 0.25) is 0 Å². The fraction of sp³-hybridized carbons (Fsp3) is 0.323. The van der Waals surface area contributed by atoms with Crippen LogP contribution >= 0.6 is 0 Å². The molecule has 8 N–H and O–H groups in total. The molecule has 0 aromatic heterocycles. The van der Waals surface area contributed by atoms with Crippen molar-refractivity contribution in [2.45, 2.75) is 37.8 Å². The van der Waals surface area contributed by atoms with Gasteiger partial charge in [-0.2, -0.15) is 0 Å². The maximum atomic E-state index is 6.17. The SMILES string of the molecule is NC[C@@H](Cc1ccc2ccccc2c1)NC[C@@H](CCCN=C(N)N)NCCc1cccc2ccccc12. The molecule has 4 aromatic carbocycles. The second-order valence-electron chi connectivity index (χ2n) is 9.71. The molecule has 4 rings (SSSR count). The molecule has 6 nitrogen and oxygen atoms in total. The number of nitrogens with two attached hydrogens (primary N) is 3. The van der Waals surface area contributed by atoms with Gasteiger partial charge >= 0.3 is 0 Å². The quantitative estimate of drug-likeness (QED) is 0.104. The molecule has 0 aliphatic rings. The number of rotatable bonds is 14. The van der Waals surface area contributed by atoms with Crippen molar-refractivity contribution in [2.24, 2.45) is 22.2 Å². The lowest BCUT2D eigenvalue weighted by Gasteiger charge is -2.24. The van der Waals surface area contributed by atoms with E-state index in [9.17, 15) is 0 Å². The van der Waals surface area contributed by atoms with Crippen molar-refractivity contribution in [1.29, 1.82) is 0 Å². The van der Waals surface area contributed by atoms with Crippen molar-refractivity contribution >= 4 is 27.5 Å². The van der Waals surface area contributed by atoms with E-state index in [1.807, 2.05) is 0 Å². The van der Waals surface area contributed by atoms with E-state index in [1.165, 1.54) is 32.7 Å². The van der Waals surface area contributed by atoms with Crippen LogP contribution in [0.1, 0.15) is 24.0 Å². The average molecular weight is 497 g/mol. The standard InChI is InChI=1S/C31H40N6/c32-21-29(20-23-14-15-24-7-1-2-9-27(24)19-23)37-22-28(12-6-17-36-31(33)34)35-18-16-26-11-5-10-25-8-3-4-13-30(25)26/h1-5,7-11,13-15,19,28-29,35,37H,6,12,16-18,20-22,32H2,(H4,33,34,36)/t28-,29-/m1/s1. The van der Waals surface area contributed by atoms with Crippen LogP contribution in [0.3, 0.4) is 0 Å². The summed E-state index contributed by atoms with van der Waals surface area (Å²) in [5.74, 6) is 0.150. The third-order valence-corrected chi connectivity index (χ3v) is 6.95. The number of nitrogens with one attached hydrogen (secondary N) is 2. The van der Waals surface area contributed by atoms with E-state index in [4.69, 9.17) is 17.2 Å². The van der Waals surface area contributed by atoms with Crippen LogP contribution in [0.25, 0.3) is 21.5 Å². The Bertz CT molecular complexity index is 1290. The molecule has 0 aliphatic heterocycles. The fourth-order valence-corrected chi connectivity index (χ4v) is 4.94. The summed E-state index contributed by atoms with van der Waals surface area (Å²) in [6.45, 7) is 2.97. The van der Waals surface area contributed by atoms with Crippen LogP contribution in [0, 0.1) is 0 Å². The number of hydrogen-bond donors (Lipinski definition) is 5. The summed E-state index contributed by atoms with van der Waals surface area (Å²) < 4.78 is 0. The van der Waals surface area contributed by atoms with Crippen molar-refractivity contribution in [2.75, 3.05) is 26.2 Å². The zero-order valence-electron chi connectivity index (χ0n) is 21.6. The lowest BCUT2D eigenvalue weighted by molar-refractivity contribution is 0.409. The number of hydrogen-bond acceptors (Lipinski definition) is 4. The second-order valence-corrected chi connectivity index (χ2v) is 9.71. The van der Waals surface area contributed by atoms with E-state index in [-0.39, 0.29) is 12.0 Å². The minimum Gasteiger partial charge on any atom is -0.370 e. The Kier molecular flexibility index (Phi) is 9.89. The number of nitrogens with zero attached hydrogens (tertiary/aromatic N) is 1. The minimum atomic E-state index is 0.150. The molecular formula is C31H40N6. The van der Waals surface area contributed by atoms with Crippen LogP contribution < -0.4 is 27.8 Å². The van der Waals surface area contributed by atoms with Crippen LogP contribution in [0.15, 0.2) is 89.9 Å². The molecule has 37 heavy (non-hydrogen) atoms. The molecule has 0 spiro atoms. The Labute approximate surface area is 220 Å². The lowest BCUT2D eigenvalue weighted by Crippen LogP contribution is -2.46. The molecule has 0 bridgehead atoms. The first kappa shape index (κ1) is 26.6. The number of guanidine groups is 1. The van der Waals surface area contributed by atoms with Gasteiger partial charge in [-0.05, 0) is 64.9 Å². The Morgan fingerprint density at radius 1 is 0.784 bits per heavy atom. The minimum absolute atomic E-state index is 0.150. The lowest BCUT2D eigenvalue weighted by atomic mass is 10.0. The van der Waals surface area contributed by atoms with Crippen molar-refractivity contribution in [3.8, 4) is 0 Å². The van der Waals surface area contributed by atoms with Crippen molar-refractivity contribution in [3.05, 3.63) is 96.1 Å². The van der Waals surface area contributed by atoms with Crippen molar-refractivity contribution in [1.82, 2.24) is 10.6 Å². The molecule has 0 heterocycles. The van der Waals surface area contributed by atoms with Crippen molar-refractivity contribution < 1.29 is 0 Å². The summed E-state index contributed by atoms with van der Waals surface area (Å²) in [5.41, 5.74) is 19.9. The third kappa shape index (κ3) is 8.02. The van der Waals surface area contributed by atoms with Gasteiger partial charge in [0.25, 0.3) is 0 Å². The zero-order valence-corrected chi connectivity index (χ0v) is 21.6. The monoisotopic (exact) mass is 496 g/mol. The second kappa shape index (κ2) is 13.7. The van der Waals surface area contributed by atoms with Gasteiger partial charge in [0.1, 0.15) is 0 Å². The van der Waals surface area contributed by atoms with Gasteiger partial charge in [-0.3, -0.25) is 4.99 Å². The van der Waals surface area contributed by atoms with Gasteiger partial charge in [-0.15, -0.1) is 0 Å². The summed E-state index contributed by atoms with van der Waals surface area (Å²) in [6.07, 6.45) is 3.78. The average Bonchev–Trinajstić information content (AvgIpc) is 2.92. The summed E-state index contributed by atoms with van der Waals surface area (Å²) in [7, 11) is 0. The first-order chi connectivity index (χ1) is 18.1. The van der Waals surface area contributed by atoms with Crippen molar-refractivity contribution in [3.63, 3.8) is 0 Å². The first-order valence-electron chi connectivity index (χ1n) is 13.3. The van der Waals surface area contributed by atoms with E-state index < -0.39 is 0 Å². The van der Waals surface area contributed by atoms with Gasteiger partial charge in [-0.1, -0.05) is 84.9 Å². The molecule has 0 amide bonds. The smallest absolute Gasteiger partial charge is 0.185 e. The summed E-state index contributed by atoms with van der Waals surface area (Å²) in [5, 5.41) is 12.6. The van der Waals surface area contributed by atoms with Gasteiger partial charge in [-0.25, -0.2) is 0 Å². The van der Waals surface area contributed by atoms with E-state index >= 15 is 0 Å². The highest BCUT2D eigenvalue weighted by atomic mass is 15.0. The number of aliphatic imine (C=N–C) groups is 1. The molecule has 0 fully saturated rings. The van der Waals surface area contributed by atoms with E-state index in [0.29, 0.717) is 19.1 Å². The van der Waals surface area contributed by atoms with Gasteiger partial charge in [0.05, 0.1) is 0 Å². The highest BCUT2D eigenvalue weighted by molar-refractivity contribution is 5.85. The predicted molar refractivity (Wildman–Crippen MR) is 158 cm³/mol. The molecule has 194 valence electrons. The molecule has 2 atom stereocenters. The van der Waals surface area contributed by atoms with Crippen LogP contribution in [0.5, 0.6) is 0 Å². The van der Waals surface area contributed by atoms with Crippen LogP contribution in [0.2, 0.25) is 0 Å². The maximum Gasteiger partial charge on any atom is 0.185 e. The largest absolute Gasteiger partial charge is 0.370 e. The van der Waals surface area contributed by atoms with Gasteiger partial charge < -0.3 is 27.8 Å². The van der Waals surface area contributed by atoms with Crippen LogP contribution in [-0.2, 0) is 12.8 Å². The summed E-state index contributed by atoms with van der Waals surface area (Å²) in [4.78, 5) is 4.15. The number of fused-ring (bicyclic) bond motifs is 2. The molecule has 0 aliphatic carbocycles. The Balaban J connectivity index is 1.34. The Morgan fingerprint density at radius 2 is 1.54 bits per heavy atom. The highest BCUT2D eigenvalue weighted by Gasteiger charge is 2.13. The summed E-state index contributed by atoms with van der Waals surface area (Å²) >= 11 is 0. The predicted octanol–water partition coefficient (Wildman–Crippen LogP) is 3.71. The fourth-order valence-electron chi connectivity index (χ4n) is 4.94. The Morgan fingerprint density at radius 3 is 2.35 bits per heavy atom. The van der Waals surface area contributed by atoms with Gasteiger partial charge in [0, 0.05) is 31.7 Å². The highest BCUT2D eigenvalue weighted by Crippen LogP contribution is 2.19. The maximum absolute atomic E-state index is 6.17. The third-order valence-electron chi connectivity index (χ3n) is 6.95. The van der Waals surface area contributed by atoms with E-state index in [0.717, 1.165) is 38.8 Å². The topological polar surface area (TPSA) is 114 Å². The molecule has 0 saturated heterocycles. The van der Waals surface area contributed by atoms with E-state index in [1.54, 1.807) is 0 Å². The molecule has 4 aromatic rings. The first-order valence-corrected chi connectivity index (χ1v) is 13.3. The molecule has 0 radical (unpaired) electrons. The van der Waals surface area contributed by atoms with Gasteiger partial charge in [0.15, 0.2) is 5.96 Å². The van der Waals surface area contributed by atoms with Crippen LogP contribution in [-0.4, -0.2) is 44.2 Å². The molecule has 0 saturated carbocycles. The number of benzene rings is 4. The zero-order chi connectivity index (χ0) is 25.9. The molecular weight excluding hydrogens is 456 g/mol. The summed E-state index contributed by atoms with van der Waals surface area (Å²) in [6, 6.07) is 30.8. The normalized spacial score (nSPS) is 13.0. The Hall–Kier alpha value is -3.45.